The van der Waals surface area contributed by atoms with Crippen LogP contribution in [0.2, 0.25) is 0 Å². The molecule has 1 saturated heterocycles. The summed E-state index contributed by atoms with van der Waals surface area (Å²) in [6, 6.07) is 0. The van der Waals surface area contributed by atoms with Gasteiger partial charge in [0.25, 0.3) is 0 Å². The van der Waals surface area contributed by atoms with Crippen molar-refractivity contribution in [2.75, 3.05) is 25.5 Å². The number of alkyl halides is 1. The lowest BCUT2D eigenvalue weighted by Crippen LogP contribution is -2.40. The molecule has 1 rings (SSSR count). The third-order valence-corrected chi connectivity index (χ3v) is 2.86. The summed E-state index contributed by atoms with van der Waals surface area (Å²) < 4.78 is 0. The number of likely N-dealkylation sites (tertiary alicyclic amines) is 1. The van der Waals surface area contributed by atoms with Gasteiger partial charge in [-0.05, 0) is 18.3 Å². The number of halogens is 1. The molecule has 1 aliphatic heterocycles. The van der Waals surface area contributed by atoms with E-state index in [1.54, 1.807) is 0 Å². The molecule has 0 saturated carbocycles. The lowest BCUT2D eigenvalue weighted by Gasteiger charge is -2.34. The SMILES string of the molecule is C=CCN1CC(C)CC(CCl)C1. The summed E-state index contributed by atoms with van der Waals surface area (Å²) in [4.78, 5) is 2.44. The molecule has 2 atom stereocenters. The maximum atomic E-state index is 5.86. The Bertz CT molecular complexity index is 147. The Labute approximate surface area is 80.4 Å². The number of hydrogen-bond donors (Lipinski definition) is 0. The predicted molar refractivity (Wildman–Crippen MR) is 54.6 cm³/mol. The van der Waals surface area contributed by atoms with E-state index in [9.17, 15) is 0 Å². The molecule has 0 aliphatic carbocycles. The molecule has 70 valence electrons. The quantitative estimate of drug-likeness (QED) is 0.485. The Morgan fingerprint density at radius 1 is 1.58 bits per heavy atom. The van der Waals surface area contributed by atoms with Gasteiger partial charge in [-0.1, -0.05) is 13.0 Å². The van der Waals surface area contributed by atoms with E-state index in [2.05, 4.69) is 18.4 Å². The molecule has 0 radical (unpaired) electrons. The molecule has 1 heterocycles. The van der Waals surface area contributed by atoms with Crippen LogP contribution in [-0.2, 0) is 0 Å². The zero-order chi connectivity index (χ0) is 8.97. The second kappa shape index (κ2) is 4.88. The molecule has 12 heavy (non-hydrogen) atoms. The summed E-state index contributed by atoms with van der Waals surface area (Å²) >= 11 is 5.86. The minimum absolute atomic E-state index is 0.690. The number of rotatable bonds is 3. The van der Waals surface area contributed by atoms with Gasteiger partial charge >= 0.3 is 0 Å². The van der Waals surface area contributed by atoms with Crippen molar-refractivity contribution in [2.24, 2.45) is 11.8 Å². The summed E-state index contributed by atoms with van der Waals surface area (Å²) in [5, 5.41) is 0. The Balaban J connectivity index is 2.39. The largest absolute Gasteiger partial charge is 0.299 e. The molecule has 0 aromatic heterocycles. The third kappa shape index (κ3) is 2.80. The minimum atomic E-state index is 0.690. The highest BCUT2D eigenvalue weighted by Crippen LogP contribution is 2.21. The molecule has 0 N–H and O–H groups in total. The Morgan fingerprint density at radius 2 is 2.33 bits per heavy atom. The fourth-order valence-corrected chi connectivity index (χ4v) is 2.27. The van der Waals surface area contributed by atoms with Crippen molar-refractivity contribution in [3.63, 3.8) is 0 Å². The van der Waals surface area contributed by atoms with E-state index in [4.69, 9.17) is 11.6 Å². The molecule has 1 fully saturated rings. The first-order valence-corrected chi connectivity index (χ1v) is 5.19. The number of hydrogen-bond acceptors (Lipinski definition) is 1. The molecule has 0 amide bonds. The zero-order valence-electron chi connectivity index (χ0n) is 7.80. The van der Waals surface area contributed by atoms with E-state index in [1.165, 1.54) is 13.0 Å². The zero-order valence-corrected chi connectivity index (χ0v) is 8.56. The summed E-state index contributed by atoms with van der Waals surface area (Å²) in [7, 11) is 0. The van der Waals surface area contributed by atoms with Crippen LogP contribution in [0.25, 0.3) is 0 Å². The smallest absolute Gasteiger partial charge is 0.0264 e. The van der Waals surface area contributed by atoms with Crippen molar-refractivity contribution in [2.45, 2.75) is 13.3 Å². The highest BCUT2D eigenvalue weighted by Gasteiger charge is 2.22. The van der Waals surface area contributed by atoms with Crippen LogP contribution in [0.5, 0.6) is 0 Å². The first-order chi connectivity index (χ1) is 5.76. The van der Waals surface area contributed by atoms with Crippen LogP contribution in [0, 0.1) is 11.8 Å². The predicted octanol–water partition coefficient (Wildman–Crippen LogP) is 2.37. The fraction of sp³-hybridized carbons (Fsp3) is 0.800. The van der Waals surface area contributed by atoms with E-state index in [-0.39, 0.29) is 0 Å². The van der Waals surface area contributed by atoms with E-state index < -0.39 is 0 Å². The fourth-order valence-electron chi connectivity index (χ4n) is 2.04. The Hall–Kier alpha value is -0.0100. The van der Waals surface area contributed by atoms with E-state index in [1.807, 2.05) is 6.08 Å². The molecule has 0 spiro atoms. The van der Waals surface area contributed by atoms with E-state index in [0.29, 0.717) is 5.92 Å². The van der Waals surface area contributed by atoms with Gasteiger partial charge in [-0.2, -0.15) is 0 Å². The molecular formula is C10H18ClN. The summed E-state index contributed by atoms with van der Waals surface area (Å²) in [6.07, 6.45) is 3.26. The van der Waals surface area contributed by atoms with Gasteiger partial charge in [-0.15, -0.1) is 18.2 Å². The molecule has 2 heteroatoms. The van der Waals surface area contributed by atoms with Crippen LogP contribution >= 0.6 is 11.6 Å². The van der Waals surface area contributed by atoms with Gasteiger partial charge in [-0.25, -0.2) is 0 Å². The van der Waals surface area contributed by atoms with Crippen molar-refractivity contribution in [3.8, 4) is 0 Å². The van der Waals surface area contributed by atoms with Gasteiger partial charge in [0, 0.05) is 25.5 Å². The molecule has 1 aliphatic rings. The van der Waals surface area contributed by atoms with Crippen molar-refractivity contribution < 1.29 is 0 Å². The van der Waals surface area contributed by atoms with Crippen LogP contribution in [0.3, 0.4) is 0 Å². The van der Waals surface area contributed by atoms with Crippen molar-refractivity contribution in [3.05, 3.63) is 12.7 Å². The molecular weight excluding hydrogens is 170 g/mol. The third-order valence-electron chi connectivity index (χ3n) is 2.43. The van der Waals surface area contributed by atoms with Crippen LogP contribution in [-0.4, -0.2) is 30.4 Å². The van der Waals surface area contributed by atoms with Crippen LogP contribution in [0.4, 0.5) is 0 Å². The topological polar surface area (TPSA) is 3.24 Å². The highest BCUT2D eigenvalue weighted by atomic mass is 35.5. The molecule has 0 aromatic rings. The minimum Gasteiger partial charge on any atom is -0.299 e. The molecule has 0 aromatic carbocycles. The molecule has 0 bridgehead atoms. The standard InChI is InChI=1S/C10H18ClN/c1-3-4-12-7-9(2)5-10(6-11)8-12/h3,9-10H,1,4-8H2,2H3. The monoisotopic (exact) mass is 187 g/mol. The average molecular weight is 188 g/mol. The number of piperidine rings is 1. The summed E-state index contributed by atoms with van der Waals surface area (Å²) in [6.45, 7) is 9.43. The maximum Gasteiger partial charge on any atom is 0.0264 e. The average Bonchev–Trinajstić information content (AvgIpc) is 2.04. The van der Waals surface area contributed by atoms with Crippen LogP contribution in [0.15, 0.2) is 12.7 Å². The van der Waals surface area contributed by atoms with Gasteiger partial charge in [0.05, 0.1) is 0 Å². The van der Waals surface area contributed by atoms with Gasteiger partial charge < -0.3 is 0 Å². The normalized spacial score (nSPS) is 31.8. The molecule has 2 unspecified atom stereocenters. The van der Waals surface area contributed by atoms with Gasteiger partial charge in [0.1, 0.15) is 0 Å². The number of nitrogens with zero attached hydrogens (tertiary/aromatic N) is 1. The van der Waals surface area contributed by atoms with Gasteiger partial charge in [-0.3, -0.25) is 4.90 Å². The first kappa shape index (κ1) is 10.1. The summed E-state index contributed by atoms with van der Waals surface area (Å²) in [5.74, 6) is 2.29. The van der Waals surface area contributed by atoms with E-state index in [0.717, 1.165) is 24.9 Å². The maximum absolute atomic E-state index is 5.86. The summed E-state index contributed by atoms with van der Waals surface area (Å²) in [5.41, 5.74) is 0. The Kier molecular flexibility index (Phi) is 4.10. The van der Waals surface area contributed by atoms with Crippen LogP contribution < -0.4 is 0 Å². The highest BCUT2D eigenvalue weighted by molar-refractivity contribution is 6.18. The lowest BCUT2D eigenvalue weighted by atomic mass is 9.92. The first-order valence-electron chi connectivity index (χ1n) is 4.65. The van der Waals surface area contributed by atoms with Crippen molar-refractivity contribution in [1.82, 2.24) is 4.90 Å². The second-order valence-electron chi connectivity index (χ2n) is 3.87. The van der Waals surface area contributed by atoms with Gasteiger partial charge in [0.2, 0.25) is 0 Å². The van der Waals surface area contributed by atoms with Crippen molar-refractivity contribution >= 4 is 11.6 Å². The van der Waals surface area contributed by atoms with Crippen LogP contribution in [0.1, 0.15) is 13.3 Å². The Morgan fingerprint density at radius 3 is 2.92 bits per heavy atom. The lowest BCUT2D eigenvalue weighted by molar-refractivity contribution is 0.156. The van der Waals surface area contributed by atoms with Crippen molar-refractivity contribution in [1.29, 1.82) is 0 Å². The van der Waals surface area contributed by atoms with E-state index >= 15 is 0 Å². The molecule has 1 nitrogen and oxygen atoms in total. The van der Waals surface area contributed by atoms with Gasteiger partial charge in [0.15, 0.2) is 0 Å². The second-order valence-corrected chi connectivity index (χ2v) is 4.18.